The largest absolute Gasteiger partial charge is 0.454 e. The maximum atomic E-state index is 13.0. The number of halogens is 1. The van der Waals surface area contributed by atoms with Crippen LogP contribution in [-0.4, -0.2) is 17.9 Å². The Morgan fingerprint density at radius 2 is 1.88 bits per heavy atom. The van der Waals surface area contributed by atoms with E-state index in [4.69, 9.17) is 14.0 Å². The van der Waals surface area contributed by atoms with Crippen LogP contribution in [-0.2, 0) is 6.54 Å². The molecule has 0 bridgehead atoms. The summed E-state index contributed by atoms with van der Waals surface area (Å²) >= 11 is 0. The molecule has 2 heterocycles. The third kappa shape index (κ3) is 3.16. The molecule has 25 heavy (non-hydrogen) atoms. The molecule has 0 fully saturated rings. The van der Waals surface area contributed by atoms with E-state index in [1.54, 1.807) is 18.2 Å². The molecule has 1 aliphatic rings. The highest BCUT2D eigenvalue weighted by atomic mass is 19.1. The summed E-state index contributed by atoms with van der Waals surface area (Å²) in [7, 11) is 0. The second-order valence-electron chi connectivity index (χ2n) is 5.45. The molecule has 1 amide bonds. The summed E-state index contributed by atoms with van der Waals surface area (Å²) in [6.45, 7) is 0.511. The molecule has 1 aliphatic heterocycles. The summed E-state index contributed by atoms with van der Waals surface area (Å²) in [4.78, 5) is 12.2. The fourth-order valence-electron chi connectivity index (χ4n) is 2.46. The zero-order valence-corrected chi connectivity index (χ0v) is 13.0. The van der Waals surface area contributed by atoms with Crippen LogP contribution in [0.5, 0.6) is 11.5 Å². The Morgan fingerprint density at radius 3 is 2.72 bits per heavy atom. The van der Waals surface area contributed by atoms with Crippen molar-refractivity contribution < 1.29 is 23.2 Å². The van der Waals surface area contributed by atoms with Crippen LogP contribution in [0, 0.1) is 5.82 Å². The minimum absolute atomic E-state index is 0.0834. The smallest absolute Gasteiger partial charge is 0.290 e. The van der Waals surface area contributed by atoms with Crippen molar-refractivity contribution >= 4 is 5.91 Å². The summed E-state index contributed by atoms with van der Waals surface area (Å²) in [5.41, 5.74) is 2.00. The average molecular weight is 340 g/mol. The van der Waals surface area contributed by atoms with Crippen LogP contribution in [0.15, 0.2) is 53.1 Å². The Morgan fingerprint density at radius 1 is 1.08 bits per heavy atom. The van der Waals surface area contributed by atoms with E-state index in [1.165, 1.54) is 18.2 Å². The second kappa shape index (κ2) is 6.27. The van der Waals surface area contributed by atoms with E-state index in [2.05, 4.69) is 10.5 Å². The van der Waals surface area contributed by atoms with Gasteiger partial charge in [0.25, 0.3) is 5.91 Å². The summed E-state index contributed by atoms with van der Waals surface area (Å²) in [5.74, 6) is 0.701. The van der Waals surface area contributed by atoms with Crippen LogP contribution in [0.1, 0.15) is 16.1 Å². The predicted molar refractivity (Wildman–Crippen MR) is 85.6 cm³/mol. The summed E-state index contributed by atoms with van der Waals surface area (Å²) in [5, 5.41) is 6.60. The molecule has 1 aromatic heterocycles. The van der Waals surface area contributed by atoms with Crippen LogP contribution >= 0.6 is 0 Å². The average Bonchev–Trinajstić information content (AvgIpc) is 3.29. The van der Waals surface area contributed by atoms with Crippen molar-refractivity contribution in [2.24, 2.45) is 0 Å². The molecule has 2 aromatic carbocycles. The van der Waals surface area contributed by atoms with Crippen molar-refractivity contribution in [2.45, 2.75) is 6.54 Å². The van der Waals surface area contributed by atoms with Crippen molar-refractivity contribution in [1.29, 1.82) is 0 Å². The fraction of sp³-hybridized carbons (Fsp3) is 0.111. The second-order valence-corrected chi connectivity index (χ2v) is 5.45. The van der Waals surface area contributed by atoms with Crippen LogP contribution in [0.3, 0.4) is 0 Å². The molecule has 6 nitrogen and oxygen atoms in total. The van der Waals surface area contributed by atoms with Gasteiger partial charge in [0.15, 0.2) is 11.5 Å². The van der Waals surface area contributed by atoms with Gasteiger partial charge in [-0.15, -0.1) is 0 Å². The Labute approximate surface area is 142 Å². The van der Waals surface area contributed by atoms with Crippen LogP contribution < -0.4 is 14.8 Å². The van der Waals surface area contributed by atoms with Crippen molar-refractivity contribution in [2.75, 3.05) is 6.79 Å². The number of nitrogens with zero attached hydrogens (tertiary/aromatic N) is 1. The SMILES string of the molecule is O=C(NCc1ccc2c(c1)OCO2)c1cc(-c2ccc(F)cc2)no1. The quantitative estimate of drug-likeness (QED) is 0.790. The molecule has 3 aromatic rings. The molecule has 7 heteroatoms. The Balaban J connectivity index is 1.42. The normalized spacial score (nSPS) is 12.2. The van der Waals surface area contributed by atoms with Gasteiger partial charge in [0, 0.05) is 18.2 Å². The molecular formula is C18H13FN2O4. The number of hydrogen-bond acceptors (Lipinski definition) is 5. The number of carbonyl (C=O) groups excluding carboxylic acids is 1. The van der Waals surface area contributed by atoms with Gasteiger partial charge in [0.1, 0.15) is 11.5 Å². The number of nitrogens with one attached hydrogen (secondary N) is 1. The lowest BCUT2D eigenvalue weighted by molar-refractivity contribution is 0.0914. The number of rotatable bonds is 4. The predicted octanol–water partition coefficient (Wildman–Crippen LogP) is 3.14. The molecule has 1 N–H and O–H groups in total. The molecule has 0 spiro atoms. The van der Waals surface area contributed by atoms with Crippen LogP contribution in [0.25, 0.3) is 11.3 Å². The zero-order chi connectivity index (χ0) is 17.2. The highest BCUT2D eigenvalue weighted by Crippen LogP contribution is 2.32. The molecule has 126 valence electrons. The third-order valence-corrected chi connectivity index (χ3v) is 3.76. The van der Waals surface area contributed by atoms with E-state index >= 15 is 0 Å². The van der Waals surface area contributed by atoms with Gasteiger partial charge in [-0.2, -0.15) is 0 Å². The van der Waals surface area contributed by atoms with Gasteiger partial charge < -0.3 is 19.3 Å². The number of carbonyl (C=O) groups is 1. The van der Waals surface area contributed by atoms with Crippen molar-refractivity contribution in [3.8, 4) is 22.8 Å². The first-order valence-corrected chi connectivity index (χ1v) is 7.58. The van der Waals surface area contributed by atoms with Crippen molar-refractivity contribution in [3.63, 3.8) is 0 Å². The monoisotopic (exact) mass is 340 g/mol. The van der Waals surface area contributed by atoms with Crippen molar-refractivity contribution in [1.82, 2.24) is 10.5 Å². The summed E-state index contributed by atoms with van der Waals surface area (Å²) in [6.07, 6.45) is 0. The first-order valence-electron chi connectivity index (χ1n) is 7.58. The number of ether oxygens (including phenoxy) is 2. The molecule has 0 atom stereocenters. The Bertz CT molecular complexity index is 921. The molecular weight excluding hydrogens is 327 g/mol. The van der Waals surface area contributed by atoms with Gasteiger partial charge in [-0.05, 0) is 42.0 Å². The lowest BCUT2D eigenvalue weighted by atomic mass is 10.1. The minimum Gasteiger partial charge on any atom is -0.454 e. The number of hydrogen-bond donors (Lipinski definition) is 1. The summed E-state index contributed by atoms with van der Waals surface area (Å²) < 4.78 is 28.6. The molecule has 0 saturated carbocycles. The van der Waals surface area contributed by atoms with E-state index in [9.17, 15) is 9.18 Å². The molecule has 0 unspecified atom stereocenters. The van der Waals surface area contributed by atoms with Gasteiger partial charge in [0.05, 0.1) is 0 Å². The van der Waals surface area contributed by atoms with E-state index in [-0.39, 0.29) is 18.4 Å². The Hall–Kier alpha value is -3.35. The van der Waals surface area contributed by atoms with Gasteiger partial charge >= 0.3 is 0 Å². The standard InChI is InChI=1S/C18H13FN2O4/c19-13-4-2-12(3-5-13)14-8-17(25-21-14)18(22)20-9-11-1-6-15-16(7-11)24-10-23-15/h1-8H,9-10H2,(H,20,22). The number of amides is 1. The summed E-state index contributed by atoms with van der Waals surface area (Å²) in [6, 6.07) is 12.8. The third-order valence-electron chi connectivity index (χ3n) is 3.76. The van der Waals surface area contributed by atoms with E-state index in [0.29, 0.717) is 29.3 Å². The fourth-order valence-corrected chi connectivity index (χ4v) is 2.46. The molecule has 4 rings (SSSR count). The van der Waals surface area contributed by atoms with Crippen LogP contribution in [0.2, 0.25) is 0 Å². The lowest BCUT2D eigenvalue weighted by Crippen LogP contribution is -2.22. The minimum atomic E-state index is -0.390. The van der Waals surface area contributed by atoms with Gasteiger partial charge in [-0.1, -0.05) is 11.2 Å². The lowest BCUT2D eigenvalue weighted by Gasteiger charge is -2.04. The highest BCUT2D eigenvalue weighted by molar-refractivity contribution is 5.92. The molecule has 0 radical (unpaired) electrons. The van der Waals surface area contributed by atoms with Gasteiger partial charge in [0.2, 0.25) is 12.6 Å². The number of aromatic nitrogens is 1. The van der Waals surface area contributed by atoms with Crippen molar-refractivity contribution in [3.05, 3.63) is 65.7 Å². The first-order chi connectivity index (χ1) is 12.2. The number of benzene rings is 2. The van der Waals surface area contributed by atoms with E-state index in [1.807, 2.05) is 12.1 Å². The first kappa shape index (κ1) is 15.2. The molecule has 0 saturated heterocycles. The molecule has 0 aliphatic carbocycles. The van der Waals surface area contributed by atoms with E-state index in [0.717, 1.165) is 5.56 Å². The zero-order valence-electron chi connectivity index (χ0n) is 13.0. The topological polar surface area (TPSA) is 73.6 Å². The van der Waals surface area contributed by atoms with E-state index < -0.39 is 5.91 Å². The number of fused-ring (bicyclic) bond motifs is 1. The Kier molecular flexibility index (Phi) is 3.81. The van der Waals surface area contributed by atoms with Gasteiger partial charge in [-0.3, -0.25) is 4.79 Å². The highest BCUT2D eigenvalue weighted by Gasteiger charge is 2.16. The maximum Gasteiger partial charge on any atom is 0.290 e. The van der Waals surface area contributed by atoms with Crippen LogP contribution in [0.4, 0.5) is 4.39 Å². The van der Waals surface area contributed by atoms with Gasteiger partial charge in [-0.25, -0.2) is 4.39 Å². The maximum absolute atomic E-state index is 13.0.